The fraction of sp³-hybridized carbons (Fsp3) is 0.588. The molecule has 22 heavy (non-hydrogen) atoms. The van der Waals surface area contributed by atoms with Crippen molar-refractivity contribution in [3.05, 3.63) is 23.8 Å². The van der Waals surface area contributed by atoms with E-state index < -0.39 is 5.60 Å². The molecule has 1 aromatic rings. The van der Waals surface area contributed by atoms with Crippen LogP contribution in [-0.2, 0) is 11.2 Å². The van der Waals surface area contributed by atoms with E-state index in [0.717, 1.165) is 30.9 Å². The maximum absolute atomic E-state index is 12.1. The van der Waals surface area contributed by atoms with Gasteiger partial charge in [-0.15, -0.1) is 0 Å². The molecule has 0 unspecified atom stereocenters. The first-order valence-corrected chi connectivity index (χ1v) is 7.91. The normalized spacial score (nSPS) is 15.8. The molecule has 1 saturated heterocycles. The zero-order valence-corrected chi connectivity index (χ0v) is 14.1. The van der Waals surface area contributed by atoms with Crippen LogP contribution in [0.3, 0.4) is 0 Å². The number of anilines is 2. The summed E-state index contributed by atoms with van der Waals surface area (Å²) in [4.78, 5) is 16.1. The van der Waals surface area contributed by atoms with Crippen molar-refractivity contribution < 1.29 is 9.53 Å². The molecular weight excluding hydrogens is 278 g/mol. The molecule has 122 valence electrons. The van der Waals surface area contributed by atoms with E-state index in [1.165, 1.54) is 5.56 Å². The maximum atomic E-state index is 12.1. The molecule has 1 amide bonds. The Kier molecular flexibility index (Phi) is 4.84. The molecule has 0 atom stereocenters. The van der Waals surface area contributed by atoms with Gasteiger partial charge >= 0.3 is 6.09 Å². The topological polar surface area (TPSA) is 58.8 Å². The second-order valence-corrected chi connectivity index (χ2v) is 6.69. The summed E-state index contributed by atoms with van der Waals surface area (Å²) in [5, 5.41) is 0. The Morgan fingerprint density at radius 3 is 2.36 bits per heavy atom. The Hall–Kier alpha value is -1.91. The van der Waals surface area contributed by atoms with E-state index in [2.05, 4.69) is 24.0 Å². The highest BCUT2D eigenvalue weighted by atomic mass is 16.6. The number of hydrogen-bond acceptors (Lipinski definition) is 4. The molecule has 5 heteroatoms. The van der Waals surface area contributed by atoms with Gasteiger partial charge in [-0.25, -0.2) is 4.79 Å². The molecule has 5 nitrogen and oxygen atoms in total. The lowest BCUT2D eigenvalue weighted by Gasteiger charge is -2.37. The Bertz CT molecular complexity index is 529. The summed E-state index contributed by atoms with van der Waals surface area (Å²) in [6.07, 6.45) is 0.714. The van der Waals surface area contributed by atoms with Crippen molar-refractivity contribution in [3.63, 3.8) is 0 Å². The number of carbonyl (C=O) groups is 1. The highest BCUT2D eigenvalue weighted by Crippen LogP contribution is 2.23. The number of piperazine rings is 1. The molecule has 0 aromatic heterocycles. The fourth-order valence-corrected chi connectivity index (χ4v) is 2.57. The van der Waals surface area contributed by atoms with Gasteiger partial charge in [-0.2, -0.15) is 0 Å². The zero-order chi connectivity index (χ0) is 16.3. The predicted octanol–water partition coefficient (Wildman–Crippen LogP) is 2.89. The minimum atomic E-state index is -0.446. The Morgan fingerprint density at radius 2 is 1.86 bits per heavy atom. The highest BCUT2D eigenvalue weighted by Gasteiger charge is 2.26. The maximum Gasteiger partial charge on any atom is 0.410 e. The Balaban J connectivity index is 1.94. The monoisotopic (exact) mass is 305 g/mol. The van der Waals surface area contributed by atoms with E-state index in [1.54, 1.807) is 4.90 Å². The van der Waals surface area contributed by atoms with Crippen LogP contribution in [0.25, 0.3) is 0 Å². The van der Waals surface area contributed by atoms with Crippen LogP contribution in [0, 0.1) is 0 Å². The van der Waals surface area contributed by atoms with E-state index in [0.29, 0.717) is 13.1 Å². The number of benzene rings is 1. The van der Waals surface area contributed by atoms with Crippen LogP contribution in [0.4, 0.5) is 16.2 Å². The first-order valence-electron chi connectivity index (χ1n) is 7.91. The van der Waals surface area contributed by atoms with Gasteiger partial charge in [0.15, 0.2) is 0 Å². The third-order valence-corrected chi connectivity index (χ3v) is 3.81. The molecule has 0 spiro atoms. The minimum Gasteiger partial charge on any atom is -0.444 e. The van der Waals surface area contributed by atoms with Crippen molar-refractivity contribution in [1.82, 2.24) is 4.90 Å². The van der Waals surface area contributed by atoms with Crippen LogP contribution >= 0.6 is 0 Å². The van der Waals surface area contributed by atoms with E-state index in [-0.39, 0.29) is 6.09 Å². The summed E-state index contributed by atoms with van der Waals surface area (Å²) in [6.45, 7) is 10.7. The van der Waals surface area contributed by atoms with Crippen LogP contribution < -0.4 is 10.6 Å². The summed E-state index contributed by atoms with van der Waals surface area (Å²) in [6, 6.07) is 6.23. The SMILES string of the molecule is CCc1ccc(N2CCN(C(=O)OC(C)(C)C)CC2)cc1N. The fourth-order valence-electron chi connectivity index (χ4n) is 2.57. The molecular formula is C17H27N3O2. The van der Waals surface area contributed by atoms with Gasteiger partial charge in [0.05, 0.1) is 0 Å². The summed E-state index contributed by atoms with van der Waals surface area (Å²) >= 11 is 0. The first kappa shape index (κ1) is 16.5. The molecule has 1 fully saturated rings. The van der Waals surface area contributed by atoms with E-state index >= 15 is 0 Å². The van der Waals surface area contributed by atoms with Gasteiger partial charge in [-0.3, -0.25) is 0 Å². The van der Waals surface area contributed by atoms with Crippen LogP contribution in [0.15, 0.2) is 18.2 Å². The number of nitrogens with zero attached hydrogens (tertiary/aromatic N) is 2. The smallest absolute Gasteiger partial charge is 0.410 e. The highest BCUT2D eigenvalue weighted by molar-refractivity contribution is 5.69. The van der Waals surface area contributed by atoms with Crippen LogP contribution in [0.2, 0.25) is 0 Å². The third-order valence-electron chi connectivity index (χ3n) is 3.81. The molecule has 0 radical (unpaired) electrons. The lowest BCUT2D eigenvalue weighted by atomic mass is 10.1. The van der Waals surface area contributed by atoms with E-state index in [1.807, 2.05) is 26.8 Å². The van der Waals surface area contributed by atoms with Gasteiger partial charge < -0.3 is 20.3 Å². The number of carbonyl (C=O) groups excluding carboxylic acids is 1. The number of amides is 1. The first-order chi connectivity index (χ1) is 10.3. The van der Waals surface area contributed by atoms with Gasteiger partial charge in [0.25, 0.3) is 0 Å². The molecule has 0 saturated carbocycles. The van der Waals surface area contributed by atoms with E-state index in [4.69, 9.17) is 10.5 Å². The molecule has 2 N–H and O–H groups in total. The van der Waals surface area contributed by atoms with Gasteiger partial charge in [0, 0.05) is 37.6 Å². The number of aryl methyl sites for hydroxylation is 1. The van der Waals surface area contributed by atoms with Crippen LogP contribution in [0.5, 0.6) is 0 Å². The average molecular weight is 305 g/mol. The van der Waals surface area contributed by atoms with Gasteiger partial charge in [-0.1, -0.05) is 13.0 Å². The standard InChI is InChI=1S/C17H27N3O2/c1-5-13-6-7-14(12-15(13)18)19-8-10-20(11-9-19)16(21)22-17(2,3)4/h6-7,12H,5,8-11,18H2,1-4H3. The Labute approximate surface area is 133 Å². The minimum absolute atomic E-state index is 0.229. The molecule has 1 aromatic carbocycles. The Morgan fingerprint density at radius 1 is 1.23 bits per heavy atom. The van der Waals surface area contributed by atoms with Gasteiger partial charge in [0.1, 0.15) is 5.60 Å². The summed E-state index contributed by atoms with van der Waals surface area (Å²) in [5.41, 5.74) is 8.77. The predicted molar refractivity (Wildman–Crippen MR) is 90.3 cm³/mol. The lowest BCUT2D eigenvalue weighted by Crippen LogP contribution is -2.50. The summed E-state index contributed by atoms with van der Waals surface area (Å²) in [5.74, 6) is 0. The number of nitrogen functional groups attached to an aromatic ring is 1. The van der Waals surface area contributed by atoms with Gasteiger partial charge in [-0.05, 0) is 44.9 Å². The molecule has 0 bridgehead atoms. The molecule has 1 aliphatic heterocycles. The zero-order valence-electron chi connectivity index (χ0n) is 14.1. The van der Waals surface area contributed by atoms with Crippen molar-refractivity contribution in [3.8, 4) is 0 Å². The molecule has 0 aliphatic carbocycles. The summed E-state index contributed by atoms with van der Waals surface area (Å²) in [7, 11) is 0. The summed E-state index contributed by atoms with van der Waals surface area (Å²) < 4.78 is 5.42. The van der Waals surface area contributed by atoms with Crippen molar-refractivity contribution in [1.29, 1.82) is 0 Å². The van der Waals surface area contributed by atoms with Crippen molar-refractivity contribution in [2.45, 2.75) is 39.7 Å². The molecule has 1 aliphatic rings. The average Bonchev–Trinajstić information content (AvgIpc) is 2.45. The van der Waals surface area contributed by atoms with E-state index in [9.17, 15) is 4.79 Å². The second-order valence-electron chi connectivity index (χ2n) is 6.69. The van der Waals surface area contributed by atoms with Crippen LogP contribution in [0.1, 0.15) is 33.3 Å². The largest absolute Gasteiger partial charge is 0.444 e. The lowest BCUT2D eigenvalue weighted by molar-refractivity contribution is 0.0240. The van der Waals surface area contributed by atoms with Crippen molar-refractivity contribution in [2.75, 3.05) is 36.8 Å². The second kappa shape index (κ2) is 6.46. The quantitative estimate of drug-likeness (QED) is 0.854. The number of nitrogens with two attached hydrogens (primary N) is 1. The van der Waals surface area contributed by atoms with Crippen molar-refractivity contribution in [2.24, 2.45) is 0 Å². The number of rotatable bonds is 2. The number of hydrogen-bond donors (Lipinski definition) is 1. The van der Waals surface area contributed by atoms with Crippen LogP contribution in [-0.4, -0.2) is 42.8 Å². The molecule has 1 heterocycles. The number of ether oxygens (including phenoxy) is 1. The third kappa shape index (κ3) is 4.06. The van der Waals surface area contributed by atoms with Crippen molar-refractivity contribution >= 4 is 17.5 Å². The molecule has 2 rings (SSSR count). The van der Waals surface area contributed by atoms with Gasteiger partial charge in [0.2, 0.25) is 0 Å².